The van der Waals surface area contributed by atoms with Gasteiger partial charge in [-0.05, 0) is 28.8 Å². The Labute approximate surface area is 121 Å². The van der Waals surface area contributed by atoms with Crippen molar-refractivity contribution >= 4 is 39.8 Å². The van der Waals surface area contributed by atoms with Crippen LogP contribution in [0.25, 0.3) is 15.5 Å². The highest BCUT2D eigenvalue weighted by Gasteiger charge is 2.31. The number of azide groups is 1. The number of alkyl halides is 3. The predicted octanol–water partition coefficient (Wildman–Crippen LogP) is 5.86. The number of hydrogen-bond acceptors (Lipinski definition) is 1. The van der Waals surface area contributed by atoms with Crippen LogP contribution < -0.4 is 0 Å². The van der Waals surface area contributed by atoms with Crippen molar-refractivity contribution in [2.75, 3.05) is 0 Å². The van der Waals surface area contributed by atoms with Gasteiger partial charge in [0.15, 0.2) is 0 Å². The van der Waals surface area contributed by atoms with Crippen LogP contribution >= 0.6 is 34.8 Å². The van der Waals surface area contributed by atoms with Crippen molar-refractivity contribution in [3.63, 3.8) is 0 Å². The highest BCUT2D eigenvalue weighted by Crippen LogP contribution is 2.35. The molecule has 102 valence electrons. The third-order valence-corrected chi connectivity index (χ3v) is 3.03. The van der Waals surface area contributed by atoms with Crippen LogP contribution in [-0.2, 0) is 12.7 Å². The summed E-state index contributed by atoms with van der Waals surface area (Å²) in [6.07, 6.45) is -4.56. The lowest BCUT2D eigenvalue weighted by Gasteiger charge is -2.11. The largest absolute Gasteiger partial charge is 0.416 e. The summed E-state index contributed by atoms with van der Waals surface area (Å²) in [4.78, 5) is 2.48. The standard InChI is InChI=1S/C10H5Cl3F3N3/c11-8(9(12)13)6-1-5(4-18-19-17)2-7(3-6)10(14,15)16/h1-3H,4H2. The smallest absolute Gasteiger partial charge is 0.166 e. The molecule has 0 atom stereocenters. The zero-order valence-corrected chi connectivity index (χ0v) is 11.3. The van der Waals surface area contributed by atoms with E-state index in [0.29, 0.717) is 0 Å². The van der Waals surface area contributed by atoms with Gasteiger partial charge in [0.25, 0.3) is 0 Å². The number of halogens is 6. The fourth-order valence-corrected chi connectivity index (χ4v) is 1.62. The molecule has 0 unspecified atom stereocenters. The highest BCUT2D eigenvalue weighted by atomic mass is 35.5. The molecule has 1 aromatic carbocycles. The molecule has 1 aromatic rings. The molecule has 0 fully saturated rings. The van der Waals surface area contributed by atoms with Gasteiger partial charge in [-0.3, -0.25) is 0 Å². The second kappa shape index (κ2) is 6.39. The van der Waals surface area contributed by atoms with E-state index in [1.807, 2.05) is 0 Å². The van der Waals surface area contributed by atoms with Crippen LogP contribution in [-0.4, -0.2) is 0 Å². The van der Waals surface area contributed by atoms with E-state index in [-0.39, 0.29) is 27.2 Å². The molecule has 0 saturated heterocycles. The average Bonchev–Trinajstić information content (AvgIpc) is 2.33. The Kier molecular flexibility index (Phi) is 5.38. The zero-order chi connectivity index (χ0) is 14.6. The van der Waals surface area contributed by atoms with Gasteiger partial charge in [-0.15, -0.1) is 0 Å². The van der Waals surface area contributed by atoms with Crippen molar-refractivity contribution in [3.05, 3.63) is 49.8 Å². The molecule has 0 saturated carbocycles. The molecular formula is C10H5Cl3F3N3. The minimum Gasteiger partial charge on any atom is -0.166 e. The maximum Gasteiger partial charge on any atom is 0.416 e. The van der Waals surface area contributed by atoms with E-state index in [0.717, 1.165) is 12.1 Å². The van der Waals surface area contributed by atoms with Crippen molar-refractivity contribution in [1.82, 2.24) is 0 Å². The maximum atomic E-state index is 12.7. The molecule has 9 heteroatoms. The van der Waals surface area contributed by atoms with E-state index in [1.54, 1.807) is 0 Å². The van der Waals surface area contributed by atoms with Crippen LogP contribution in [0.1, 0.15) is 16.7 Å². The minimum absolute atomic E-state index is 0.000341. The molecule has 19 heavy (non-hydrogen) atoms. The Hall–Kier alpha value is -1.07. The average molecular weight is 331 g/mol. The van der Waals surface area contributed by atoms with Crippen LogP contribution in [0, 0.1) is 0 Å². The molecule has 0 aromatic heterocycles. The van der Waals surface area contributed by atoms with E-state index in [4.69, 9.17) is 40.3 Å². The summed E-state index contributed by atoms with van der Waals surface area (Å²) in [5.74, 6) is 0. The van der Waals surface area contributed by atoms with Crippen LogP contribution in [0.3, 0.4) is 0 Å². The monoisotopic (exact) mass is 329 g/mol. The molecule has 1 rings (SSSR count). The van der Waals surface area contributed by atoms with Gasteiger partial charge in [-0.2, -0.15) is 13.2 Å². The third kappa shape index (κ3) is 4.51. The minimum atomic E-state index is -4.56. The van der Waals surface area contributed by atoms with Gasteiger partial charge < -0.3 is 0 Å². The Balaban J connectivity index is 3.40. The summed E-state index contributed by atoms with van der Waals surface area (Å²) < 4.78 is 37.8. The first-order chi connectivity index (χ1) is 8.75. The Morgan fingerprint density at radius 3 is 2.32 bits per heavy atom. The Bertz CT molecular complexity index is 559. The second-order valence-corrected chi connectivity index (χ2v) is 4.71. The molecule has 0 aliphatic rings. The molecule has 0 radical (unpaired) electrons. The number of hydrogen-bond donors (Lipinski definition) is 0. The summed E-state index contributed by atoms with van der Waals surface area (Å²) in [6, 6.07) is 2.99. The van der Waals surface area contributed by atoms with E-state index in [1.165, 1.54) is 6.07 Å². The molecule has 0 bridgehead atoms. The van der Waals surface area contributed by atoms with Gasteiger partial charge in [-0.1, -0.05) is 46.0 Å². The molecule has 0 aliphatic heterocycles. The first-order valence-electron chi connectivity index (χ1n) is 4.69. The highest BCUT2D eigenvalue weighted by molar-refractivity contribution is 6.66. The van der Waals surface area contributed by atoms with E-state index >= 15 is 0 Å². The lowest BCUT2D eigenvalue weighted by Crippen LogP contribution is -2.06. The van der Waals surface area contributed by atoms with E-state index < -0.39 is 11.7 Å². The van der Waals surface area contributed by atoms with E-state index in [2.05, 4.69) is 10.0 Å². The summed E-state index contributed by atoms with van der Waals surface area (Å²) >= 11 is 16.6. The molecule has 0 aliphatic carbocycles. The lowest BCUT2D eigenvalue weighted by atomic mass is 10.1. The molecular weight excluding hydrogens is 325 g/mol. The van der Waals surface area contributed by atoms with Gasteiger partial charge in [0.2, 0.25) is 0 Å². The zero-order valence-electron chi connectivity index (χ0n) is 9.05. The molecule has 0 amide bonds. The molecule has 0 N–H and O–H groups in total. The van der Waals surface area contributed by atoms with Gasteiger partial charge in [-0.25, -0.2) is 0 Å². The predicted molar refractivity (Wildman–Crippen MR) is 68.8 cm³/mol. The van der Waals surface area contributed by atoms with E-state index in [9.17, 15) is 13.2 Å². The fraction of sp³-hybridized carbons (Fsp3) is 0.200. The van der Waals surface area contributed by atoms with Crippen molar-refractivity contribution in [2.45, 2.75) is 12.7 Å². The number of benzene rings is 1. The van der Waals surface area contributed by atoms with Gasteiger partial charge in [0.05, 0.1) is 17.1 Å². The SMILES string of the molecule is [N-]=[N+]=NCc1cc(C(Cl)=C(Cl)Cl)cc(C(F)(F)F)c1. The van der Waals surface area contributed by atoms with Crippen LogP contribution in [0.4, 0.5) is 13.2 Å². The van der Waals surface area contributed by atoms with Crippen molar-refractivity contribution in [3.8, 4) is 0 Å². The molecule has 3 nitrogen and oxygen atoms in total. The number of nitrogens with zero attached hydrogens (tertiary/aromatic N) is 3. The topological polar surface area (TPSA) is 48.8 Å². The Morgan fingerprint density at radius 1 is 1.21 bits per heavy atom. The quantitative estimate of drug-likeness (QED) is 0.379. The molecule has 0 heterocycles. The van der Waals surface area contributed by atoms with Crippen LogP contribution in [0.2, 0.25) is 0 Å². The summed E-state index contributed by atoms with van der Waals surface area (Å²) in [7, 11) is 0. The maximum absolute atomic E-state index is 12.7. The fourth-order valence-electron chi connectivity index (χ4n) is 1.30. The van der Waals surface area contributed by atoms with Crippen molar-refractivity contribution < 1.29 is 13.2 Å². The van der Waals surface area contributed by atoms with Gasteiger partial charge >= 0.3 is 6.18 Å². The second-order valence-electron chi connectivity index (χ2n) is 3.38. The summed E-state index contributed by atoms with van der Waals surface area (Å²) in [6.45, 7) is -0.239. The van der Waals surface area contributed by atoms with Gasteiger partial charge in [0.1, 0.15) is 4.49 Å². The number of rotatable bonds is 3. The summed E-state index contributed by atoms with van der Waals surface area (Å²) in [5, 5.41) is 2.99. The summed E-state index contributed by atoms with van der Waals surface area (Å²) in [5.41, 5.74) is 7.40. The first-order valence-corrected chi connectivity index (χ1v) is 5.82. The normalized spacial score (nSPS) is 10.8. The van der Waals surface area contributed by atoms with Crippen molar-refractivity contribution in [2.24, 2.45) is 5.11 Å². The molecule has 0 spiro atoms. The van der Waals surface area contributed by atoms with Crippen molar-refractivity contribution in [1.29, 1.82) is 0 Å². The first kappa shape index (κ1) is 16.0. The van der Waals surface area contributed by atoms with Crippen LogP contribution in [0.15, 0.2) is 27.8 Å². The van der Waals surface area contributed by atoms with Gasteiger partial charge in [0, 0.05) is 4.91 Å². The third-order valence-electron chi connectivity index (χ3n) is 2.06. The lowest BCUT2D eigenvalue weighted by molar-refractivity contribution is -0.137. The Morgan fingerprint density at radius 2 is 1.84 bits per heavy atom. The van der Waals surface area contributed by atoms with Crippen LogP contribution in [0.5, 0.6) is 0 Å².